The lowest BCUT2D eigenvalue weighted by molar-refractivity contribution is 0.304. The van der Waals surface area contributed by atoms with Gasteiger partial charge >= 0.3 is 0 Å². The molecule has 2 heteroatoms. The van der Waals surface area contributed by atoms with Gasteiger partial charge in [0.25, 0.3) is 0 Å². The Bertz CT molecular complexity index is 422. The molecule has 2 nitrogen and oxygen atoms in total. The quantitative estimate of drug-likeness (QED) is 0.483. The third kappa shape index (κ3) is 6.84. The van der Waals surface area contributed by atoms with E-state index in [1.807, 2.05) is 0 Å². The lowest BCUT2D eigenvalue weighted by atomic mass is 9.89. The van der Waals surface area contributed by atoms with Crippen LogP contribution in [-0.4, -0.2) is 13.2 Å². The predicted molar refractivity (Wildman–Crippen MR) is 104 cm³/mol. The number of benzene rings is 1. The van der Waals surface area contributed by atoms with Crippen LogP contribution in [0.5, 0.6) is 5.75 Å². The molecule has 1 saturated carbocycles. The molecule has 0 bridgehead atoms. The summed E-state index contributed by atoms with van der Waals surface area (Å²) in [6, 6.07) is 9.23. The number of unbranched alkanes of at least 4 members (excludes halogenated alkanes) is 3. The van der Waals surface area contributed by atoms with Gasteiger partial charge in [-0.1, -0.05) is 64.5 Å². The fourth-order valence-corrected chi connectivity index (χ4v) is 3.71. The minimum absolute atomic E-state index is 0.477. The maximum atomic E-state index is 5.86. The third-order valence-corrected chi connectivity index (χ3v) is 5.34. The molecule has 0 spiro atoms. The van der Waals surface area contributed by atoms with Gasteiger partial charge in [-0.05, 0) is 55.8 Å². The van der Waals surface area contributed by atoms with E-state index in [4.69, 9.17) is 4.74 Å². The van der Waals surface area contributed by atoms with Crippen LogP contribution in [-0.2, 0) is 0 Å². The van der Waals surface area contributed by atoms with Crippen LogP contribution in [0.4, 0.5) is 0 Å². The minimum Gasteiger partial charge on any atom is -0.494 e. The lowest BCUT2D eigenvalue weighted by Crippen LogP contribution is -2.28. The van der Waals surface area contributed by atoms with Crippen LogP contribution in [0.15, 0.2) is 24.3 Å². The van der Waals surface area contributed by atoms with E-state index in [1.165, 1.54) is 63.5 Å². The third-order valence-electron chi connectivity index (χ3n) is 5.34. The van der Waals surface area contributed by atoms with Crippen molar-refractivity contribution in [2.45, 2.75) is 84.1 Å². The van der Waals surface area contributed by atoms with Crippen molar-refractivity contribution in [1.29, 1.82) is 0 Å². The van der Waals surface area contributed by atoms with Crippen LogP contribution < -0.4 is 10.1 Å². The summed E-state index contributed by atoms with van der Waals surface area (Å²) in [6.45, 7) is 6.54. The number of ether oxygens (including phenoxy) is 1. The highest BCUT2D eigenvalue weighted by Crippen LogP contribution is 2.25. The smallest absolute Gasteiger partial charge is 0.119 e. The Labute approximate surface area is 149 Å². The van der Waals surface area contributed by atoms with Crippen molar-refractivity contribution in [2.24, 2.45) is 5.92 Å². The van der Waals surface area contributed by atoms with Crippen LogP contribution in [0.3, 0.4) is 0 Å². The van der Waals surface area contributed by atoms with Crippen molar-refractivity contribution >= 4 is 0 Å². The van der Waals surface area contributed by atoms with Crippen molar-refractivity contribution in [3.05, 3.63) is 29.8 Å². The second kappa shape index (κ2) is 11.5. The second-order valence-corrected chi connectivity index (χ2v) is 7.35. The summed E-state index contributed by atoms with van der Waals surface area (Å²) < 4.78 is 5.86. The fourth-order valence-electron chi connectivity index (χ4n) is 3.71. The molecule has 1 aromatic carbocycles. The van der Waals surface area contributed by atoms with Gasteiger partial charge in [0, 0.05) is 6.04 Å². The molecule has 1 unspecified atom stereocenters. The lowest BCUT2D eigenvalue weighted by Gasteiger charge is -2.25. The van der Waals surface area contributed by atoms with Gasteiger partial charge in [0.15, 0.2) is 0 Å². The van der Waals surface area contributed by atoms with Crippen molar-refractivity contribution in [3.63, 3.8) is 0 Å². The second-order valence-electron chi connectivity index (χ2n) is 7.35. The first kappa shape index (κ1) is 19.3. The first-order chi connectivity index (χ1) is 11.8. The first-order valence-electron chi connectivity index (χ1n) is 10.3. The normalized spacial score (nSPS) is 16.9. The Balaban J connectivity index is 1.74. The summed E-state index contributed by atoms with van der Waals surface area (Å²) >= 11 is 0. The molecule has 0 aromatic heterocycles. The number of rotatable bonds is 11. The molecule has 1 fully saturated rings. The molecule has 0 amide bonds. The molecule has 0 saturated heterocycles. The fraction of sp³-hybridized carbons (Fsp3) is 0.727. The van der Waals surface area contributed by atoms with Gasteiger partial charge in [0.05, 0.1) is 6.61 Å². The van der Waals surface area contributed by atoms with E-state index in [1.54, 1.807) is 0 Å². The summed E-state index contributed by atoms with van der Waals surface area (Å²) in [5.41, 5.74) is 1.40. The summed E-state index contributed by atoms with van der Waals surface area (Å²) in [4.78, 5) is 0. The summed E-state index contributed by atoms with van der Waals surface area (Å²) in [6.07, 6.45) is 13.3. The Morgan fingerprint density at radius 3 is 2.42 bits per heavy atom. The summed E-state index contributed by atoms with van der Waals surface area (Å²) in [5.74, 6) is 1.90. The van der Waals surface area contributed by atoms with Crippen LogP contribution in [0.1, 0.15) is 89.7 Å². The molecular weight excluding hydrogens is 294 g/mol. The standard InChI is InChI=1S/C22H37NO/c1-3-5-6-10-17-24-21-15-13-20(14-16-21)22(4-2)23-18-19-11-8-7-9-12-19/h13-16,19,22-23H,3-12,17-18H2,1-2H3. The Kier molecular flexibility index (Phi) is 9.27. The molecule has 0 aliphatic heterocycles. The van der Waals surface area contributed by atoms with Crippen LogP contribution in [0, 0.1) is 5.92 Å². The van der Waals surface area contributed by atoms with E-state index < -0.39 is 0 Å². The zero-order valence-electron chi connectivity index (χ0n) is 15.9. The van der Waals surface area contributed by atoms with Crippen molar-refractivity contribution in [1.82, 2.24) is 5.32 Å². The monoisotopic (exact) mass is 331 g/mol. The average Bonchev–Trinajstić information content (AvgIpc) is 2.64. The van der Waals surface area contributed by atoms with E-state index in [0.717, 1.165) is 31.1 Å². The number of hydrogen-bond donors (Lipinski definition) is 1. The maximum Gasteiger partial charge on any atom is 0.119 e. The molecule has 2 rings (SSSR count). The molecule has 1 atom stereocenters. The summed E-state index contributed by atoms with van der Waals surface area (Å²) in [7, 11) is 0. The van der Waals surface area contributed by atoms with Gasteiger partial charge < -0.3 is 10.1 Å². The zero-order valence-corrected chi connectivity index (χ0v) is 15.9. The van der Waals surface area contributed by atoms with E-state index in [0.29, 0.717) is 6.04 Å². The largest absolute Gasteiger partial charge is 0.494 e. The summed E-state index contributed by atoms with van der Waals surface area (Å²) in [5, 5.41) is 3.80. The first-order valence-corrected chi connectivity index (χ1v) is 10.3. The van der Waals surface area contributed by atoms with Gasteiger partial charge in [0.2, 0.25) is 0 Å². The van der Waals surface area contributed by atoms with E-state index in [9.17, 15) is 0 Å². The number of nitrogens with one attached hydrogen (secondary N) is 1. The van der Waals surface area contributed by atoms with Gasteiger partial charge in [-0.25, -0.2) is 0 Å². The molecule has 0 heterocycles. The van der Waals surface area contributed by atoms with Crippen LogP contribution in [0.2, 0.25) is 0 Å². The molecule has 1 aliphatic carbocycles. The predicted octanol–water partition coefficient (Wildman–Crippen LogP) is 6.27. The highest BCUT2D eigenvalue weighted by Gasteiger charge is 2.15. The van der Waals surface area contributed by atoms with E-state index >= 15 is 0 Å². The van der Waals surface area contributed by atoms with Crippen molar-refractivity contribution in [3.8, 4) is 5.75 Å². The molecule has 1 aliphatic rings. The Hall–Kier alpha value is -1.02. The Morgan fingerprint density at radius 1 is 1.00 bits per heavy atom. The van der Waals surface area contributed by atoms with E-state index in [-0.39, 0.29) is 0 Å². The van der Waals surface area contributed by atoms with Gasteiger partial charge in [-0.15, -0.1) is 0 Å². The van der Waals surface area contributed by atoms with Crippen molar-refractivity contribution in [2.75, 3.05) is 13.2 Å². The SMILES string of the molecule is CCCCCCOc1ccc(C(CC)NCC2CCCCC2)cc1. The Morgan fingerprint density at radius 2 is 1.75 bits per heavy atom. The maximum absolute atomic E-state index is 5.86. The molecular formula is C22H37NO. The molecule has 24 heavy (non-hydrogen) atoms. The van der Waals surface area contributed by atoms with Gasteiger partial charge in [-0.3, -0.25) is 0 Å². The highest BCUT2D eigenvalue weighted by molar-refractivity contribution is 5.29. The highest BCUT2D eigenvalue weighted by atomic mass is 16.5. The van der Waals surface area contributed by atoms with Crippen molar-refractivity contribution < 1.29 is 4.74 Å². The average molecular weight is 332 g/mol. The molecule has 1 aromatic rings. The van der Waals surface area contributed by atoms with Gasteiger partial charge in [-0.2, -0.15) is 0 Å². The minimum atomic E-state index is 0.477. The van der Waals surface area contributed by atoms with Gasteiger partial charge in [0.1, 0.15) is 5.75 Å². The van der Waals surface area contributed by atoms with Crippen LogP contribution in [0.25, 0.3) is 0 Å². The topological polar surface area (TPSA) is 21.3 Å². The molecule has 1 N–H and O–H groups in total. The zero-order chi connectivity index (χ0) is 17.0. The van der Waals surface area contributed by atoms with E-state index in [2.05, 4.69) is 43.4 Å². The number of hydrogen-bond acceptors (Lipinski definition) is 2. The molecule has 0 radical (unpaired) electrons. The molecule has 136 valence electrons. The van der Waals surface area contributed by atoms with Crippen LogP contribution >= 0.6 is 0 Å².